The minimum Gasteiger partial charge on any atom is -0.327 e. The molecule has 0 aliphatic rings. The first-order valence-electron chi connectivity index (χ1n) is 6.82. The van der Waals surface area contributed by atoms with Gasteiger partial charge in [0.05, 0.1) is 16.1 Å². The minimum absolute atomic E-state index is 0.119. The molecule has 2 rings (SSSR count). The summed E-state index contributed by atoms with van der Waals surface area (Å²) in [6.07, 6.45) is 0.779. The van der Waals surface area contributed by atoms with Gasteiger partial charge in [0.15, 0.2) is 0 Å². The van der Waals surface area contributed by atoms with Gasteiger partial charge in [0.2, 0.25) is 0 Å². The Hall–Kier alpha value is -1.06. The summed E-state index contributed by atoms with van der Waals surface area (Å²) in [5.41, 5.74) is 8.16. The molecule has 1 atom stereocenters. The monoisotopic (exact) mass is 279 g/mol. The fourth-order valence-electron chi connectivity index (χ4n) is 2.30. The smallest absolute Gasteiger partial charge is 0.111 e. The van der Waals surface area contributed by atoms with Crippen LogP contribution in [0, 0.1) is 5.92 Å². The van der Waals surface area contributed by atoms with Gasteiger partial charge in [-0.1, -0.05) is 31.5 Å². The Labute approximate surface area is 119 Å². The number of aromatic nitrogens is 2. The van der Waals surface area contributed by atoms with E-state index in [1.165, 1.54) is 0 Å². The van der Waals surface area contributed by atoms with Crippen LogP contribution in [0.25, 0.3) is 11.0 Å². The normalized spacial score (nSPS) is 13.7. The highest BCUT2D eigenvalue weighted by Gasteiger charge is 2.18. The van der Waals surface area contributed by atoms with Crippen LogP contribution in [0.15, 0.2) is 18.2 Å². The Balaban J connectivity index is 2.54. The number of imidazole rings is 1. The number of hydrogen-bond acceptors (Lipinski definition) is 2. The molecule has 0 spiro atoms. The second-order valence-electron chi connectivity index (χ2n) is 5.71. The largest absolute Gasteiger partial charge is 0.327 e. The van der Waals surface area contributed by atoms with Crippen molar-refractivity contribution in [2.45, 2.75) is 46.2 Å². The van der Waals surface area contributed by atoms with E-state index in [0.717, 1.165) is 28.3 Å². The van der Waals surface area contributed by atoms with Gasteiger partial charge in [0.25, 0.3) is 0 Å². The highest BCUT2D eigenvalue weighted by molar-refractivity contribution is 6.35. The summed E-state index contributed by atoms with van der Waals surface area (Å²) >= 11 is 6.33. The van der Waals surface area contributed by atoms with Crippen molar-refractivity contribution >= 4 is 22.6 Å². The summed E-state index contributed by atoms with van der Waals surface area (Å²) < 4.78 is 2.21. The van der Waals surface area contributed by atoms with Gasteiger partial charge in [-0.2, -0.15) is 0 Å². The quantitative estimate of drug-likeness (QED) is 0.925. The molecule has 2 N–H and O–H groups in total. The maximum Gasteiger partial charge on any atom is 0.111 e. The van der Waals surface area contributed by atoms with Crippen LogP contribution in [0.3, 0.4) is 0 Å². The molecule has 0 aliphatic carbocycles. The van der Waals surface area contributed by atoms with Crippen LogP contribution in [0.1, 0.15) is 39.6 Å². The maximum absolute atomic E-state index is 6.33. The van der Waals surface area contributed by atoms with E-state index in [-0.39, 0.29) is 6.04 Å². The second-order valence-corrected chi connectivity index (χ2v) is 6.12. The summed E-state index contributed by atoms with van der Waals surface area (Å²) in [6.45, 7) is 8.57. The highest BCUT2D eigenvalue weighted by Crippen LogP contribution is 2.28. The lowest BCUT2D eigenvalue weighted by Gasteiger charge is -2.18. The summed E-state index contributed by atoms with van der Waals surface area (Å²) in [5.74, 6) is 1.47. The van der Waals surface area contributed by atoms with Crippen molar-refractivity contribution < 1.29 is 0 Å². The number of para-hydroxylation sites is 1. The van der Waals surface area contributed by atoms with Gasteiger partial charge in [-0.25, -0.2) is 4.98 Å². The molecule has 1 aromatic heterocycles. The zero-order valence-electron chi connectivity index (χ0n) is 12.0. The molecule has 19 heavy (non-hydrogen) atoms. The molecule has 0 saturated carbocycles. The zero-order chi connectivity index (χ0) is 14.2. The molecule has 0 radical (unpaired) electrons. The van der Waals surface area contributed by atoms with Gasteiger partial charge in [0.1, 0.15) is 5.82 Å². The van der Waals surface area contributed by atoms with Crippen molar-refractivity contribution in [2.75, 3.05) is 0 Å². The van der Waals surface area contributed by atoms with Gasteiger partial charge in [-0.05, 0) is 31.9 Å². The zero-order valence-corrected chi connectivity index (χ0v) is 12.8. The first-order valence-corrected chi connectivity index (χ1v) is 7.20. The molecule has 0 amide bonds. The summed E-state index contributed by atoms with van der Waals surface area (Å²) in [4.78, 5) is 4.72. The van der Waals surface area contributed by atoms with Gasteiger partial charge >= 0.3 is 0 Å². The predicted molar refractivity (Wildman–Crippen MR) is 81.6 cm³/mol. The van der Waals surface area contributed by atoms with Crippen molar-refractivity contribution in [1.29, 1.82) is 0 Å². The molecule has 2 aromatic rings. The molecule has 3 nitrogen and oxygen atoms in total. The molecule has 0 saturated heterocycles. The van der Waals surface area contributed by atoms with E-state index < -0.39 is 0 Å². The lowest BCUT2D eigenvalue weighted by atomic mass is 10.0. The lowest BCUT2D eigenvalue weighted by molar-refractivity contribution is 0.464. The van der Waals surface area contributed by atoms with Gasteiger partial charge in [0, 0.05) is 18.5 Å². The molecular weight excluding hydrogens is 258 g/mol. The van der Waals surface area contributed by atoms with Crippen LogP contribution >= 0.6 is 11.6 Å². The SMILES string of the molecule is CC(C)C(N)Cc1nc2cccc(Cl)c2n1C(C)C. The first kappa shape index (κ1) is 14.4. The third kappa shape index (κ3) is 2.77. The summed E-state index contributed by atoms with van der Waals surface area (Å²) in [7, 11) is 0. The molecule has 0 fully saturated rings. The van der Waals surface area contributed by atoms with Gasteiger partial charge in [-0.15, -0.1) is 0 Å². The van der Waals surface area contributed by atoms with E-state index in [1.54, 1.807) is 0 Å². The molecule has 1 heterocycles. The Morgan fingerprint density at radius 2 is 1.95 bits per heavy atom. The topological polar surface area (TPSA) is 43.8 Å². The Bertz CT molecular complexity index is 572. The summed E-state index contributed by atoms with van der Waals surface area (Å²) in [6, 6.07) is 6.29. The molecule has 4 heteroatoms. The van der Waals surface area contributed by atoms with Crippen molar-refractivity contribution in [3.8, 4) is 0 Å². The molecular formula is C15H22ClN3. The van der Waals surface area contributed by atoms with Crippen LogP contribution in [-0.4, -0.2) is 15.6 Å². The minimum atomic E-state index is 0.119. The fraction of sp³-hybridized carbons (Fsp3) is 0.533. The van der Waals surface area contributed by atoms with Crippen molar-refractivity contribution in [2.24, 2.45) is 11.7 Å². The molecule has 104 valence electrons. The first-order chi connectivity index (χ1) is 8.91. The Kier molecular flexibility index (Phi) is 4.16. The van der Waals surface area contributed by atoms with Crippen molar-refractivity contribution in [3.63, 3.8) is 0 Å². The van der Waals surface area contributed by atoms with E-state index in [0.29, 0.717) is 12.0 Å². The second kappa shape index (κ2) is 5.51. The number of fused-ring (bicyclic) bond motifs is 1. The van der Waals surface area contributed by atoms with Gasteiger partial charge in [-0.3, -0.25) is 0 Å². The summed E-state index contributed by atoms with van der Waals surface area (Å²) in [5, 5.41) is 0.753. The number of benzene rings is 1. The van der Waals surface area contributed by atoms with Crippen LogP contribution in [0.5, 0.6) is 0 Å². The average Bonchev–Trinajstić information content (AvgIpc) is 2.68. The van der Waals surface area contributed by atoms with Crippen LogP contribution in [0.4, 0.5) is 0 Å². The molecule has 0 aliphatic heterocycles. The van der Waals surface area contributed by atoms with E-state index >= 15 is 0 Å². The maximum atomic E-state index is 6.33. The molecule has 0 bridgehead atoms. The fourth-order valence-corrected chi connectivity index (χ4v) is 2.56. The highest BCUT2D eigenvalue weighted by atomic mass is 35.5. The van der Waals surface area contributed by atoms with E-state index in [2.05, 4.69) is 32.3 Å². The molecule has 1 unspecified atom stereocenters. The van der Waals surface area contributed by atoms with E-state index in [1.807, 2.05) is 18.2 Å². The van der Waals surface area contributed by atoms with Crippen LogP contribution < -0.4 is 5.73 Å². The third-order valence-electron chi connectivity index (χ3n) is 3.52. The Morgan fingerprint density at radius 1 is 1.26 bits per heavy atom. The number of hydrogen-bond donors (Lipinski definition) is 1. The van der Waals surface area contributed by atoms with E-state index in [9.17, 15) is 0 Å². The average molecular weight is 280 g/mol. The van der Waals surface area contributed by atoms with Gasteiger partial charge < -0.3 is 10.3 Å². The van der Waals surface area contributed by atoms with Crippen molar-refractivity contribution in [1.82, 2.24) is 9.55 Å². The number of halogens is 1. The third-order valence-corrected chi connectivity index (χ3v) is 3.83. The van der Waals surface area contributed by atoms with E-state index in [4.69, 9.17) is 22.3 Å². The molecule has 1 aromatic carbocycles. The van der Waals surface area contributed by atoms with Crippen LogP contribution in [0.2, 0.25) is 5.02 Å². The van der Waals surface area contributed by atoms with Crippen molar-refractivity contribution in [3.05, 3.63) is 29.0 Å². The van der Waals surface area contributed by atoms with Crippen LogP contribution in [-0.2, 0) is 6.42 Å². The standard InChI is InChI=1S/C15H22ClN3/c1-9(2)12(17)8-14-18-13-7-5-6-11(16)15(13)19(14)10(3)4/h5-7,9-10,12H,8,17H2,1-4H3. The number of nitrogens with two attached hydrogens (primary N) is 1. The lowest BCUT2D eigenvalue weighted by Crippen LogP contribution is -2.30. The number of nitrogens with zero attached hydrogens (tertiary/aromatic N) is 2. The number of rotatable bonds is 4. The predicted octanol–water partition coefficient (Wildman–Crippen LogP) is 3.80. The Morgan fingerprint density at radius 3 is 2.53 bits per heavy atom.